The van der Waals surface area contributed by atoms with E-state index in [1.54, 1.807) is 23.6 Å². The summed E-state index contributed by atoms with van der Waals surface area (Å²) in [4.78, 5) is 12.2. The summed E-state index contributed by atoms with van der Waals surface area (Å²) in [5.74, 6) is -2.29. The Morgan fingerprint density at radius 2 is 1.80 bits per heavy atom. The summed E-state index contributed by atoms with van der Waals surface area (Å²) < 4.78 is 58.3. The van der Waals surface area contributed by atoms with Crippen molar-refractivity contribution in [2.24, 2.45) is 0 Å². The van der Waals surface area contributed by atoms with E-state index in [2.05, 4.69) is 5.32 Å². The van der Waals surface area contributed by atoms with E-state index in [0.29, 0.717) is 11.4 Å². The zero-order chi connectivity index (χ0) is 21.9. The molecular weight excluding hydrogens is 434 g/mol. The van der Waals surface area contributed by atoms with Crippen LogP contribution in [0.4, 0.5) is 20.2 Å². The third-order valence-corrected chi connectivity index (χ3v) is 7.34. The zero-order valence-electron chi connectivity index (χ0n) is 16.0. The number of carbonyl (C=O) groups excluding carboxylic acids is 1. The van der Waals surface area contributed by atoms with Crippen molar-refractivity contribution in [3.8, 4) is 5.75 Å². The van der Waals surface area contributed by atoms with Gasteiger partial charge in [-0.25, -0.2) is 17.2 Å². The number of hydrogen-bond donors (Lipinski definition) is 1. The summed E-state index contributed by atoms with van der Waals surface area (Å²) in [6.45, 7) is 1.50. The number of carbonyl (C=O) groups is 1. The molecule has 0 bridgehead atoms. The molecule has 1 atom stereocenters. The fourth-order valence-electron chi connectivity index (χ4n) is 2.49. The minimum atomic E-state index is -3.65. The number of anilines is 2. The van der Waals surface area contributed by atoms with Crippen LogP contribution < -0.4 is 14.4 Å². The van der Waals surface area contributed by atoms with Gasteiger partial charge < -0.3 is 10.1 Å². The molecule has 1 aromatic heterocycles. The van der Waals surface area contributed by atoms with Crippen LogP contribution >= 0.6 is 11.3 Å². The van der Waals surface area contributed by atoms with Crippen molar-refractivity contribution in [1.29, 1.82) is 0 Å². The number of rotatable bonds is 7. The second kappa shape index (κ2) is 8.80. The van der Waals surface area contributed by atoms with E-state index in [1.807, 2.05) is 0 Å². The van der Waals surface area contributed by atoms with Gasteiger partial charge in [-0.05, 0) is 54.8 Å². The lowest BCUT2D eigenvalue weighted by molar-refractivity contribution is -0.122. The molecule has 0 aliphatic heterocycles. The van der Waals surface area contributed by atoms with E-state index in [-0.39, 0.29) is 9.90 Å². The van der Waals surface area contributed by atoms with Gasteiger partial charge in [-0.2, -0.15) is 0 Å². The molecule has 0 saturated heterocycles. The first-order valence-electron chi connectivity index (χ1n) is 8.73. The Bertz CT molecular complexity index is 1130. The fraction of sp³-hybridized carbons (Fsp3) is 0.150. The summed E-state index contributed by atoms with van der Waals surface area (Å²) in [5.41, 5.74) is 0.528. The Hall–Kier alpha value is -2.98. The average Bonchev–Trinajstić information content (AvgIpc) is 3.26. The average molecular weight is 453 g/mol. The predicted octanol–water partition coefficient (Wildman–Crippen LogP) is 4.26. The Labute approximate surface area is 176 Å². The summed E-state index contributed by atoms with van der Waals surface area (Å²) in [6, 6.07) is 12.4. The lowest BCUT2D eigenvalue weighted by atomic mass is 10.2. The van der Waals surface area contributed by atoms with Crippen LogP contribution in [0.1, 0.15) is 6.92 Å². The smallest absolute Gasteiger partial charge is 0.273 e. The minimum absolute atomic E-state index is 0.102. The first kappa shape index (κ1) is 21.7. The van der Waals surface area contributed by atoms with Crippen molar-refractivity contribution >= 4 is 38.6 Å². The van der Waals surface area contributed by atoms with Gasteiger partial charge in [-0.15, -0.1) is 11.3 Å². The molecule has 0 saturated carbocycles. The summed E-state index contributed by atoms with van der Waals surface area (Å²) >= 11 is 1.13. The number of nitrogens with zero attached hydrogens (tertiary/aromatic N) is 1. The highest BCUT2D eigenvalue weighted by atomic mass is 32.2. The number of thiophene rings is 1. The Kier molecular flexibility index (Phi) is 6.37. The molecule has 0 unspecified atom stereocenters. The maximum atomic E-state index is 13.3. The Morgan fingerprint density at radius 1 is 1.10 bits per heavy atom. The lowest BCUT2D eigenvalue weighted by Gasteiger charge is -2.19. The van der Waals surface area contributed by atoms with Crippen LogP contribution in [0.25, 0.3) is 0 Å². The zero-order valence-corrected chi connectivity index (χ0v) is 17.6. The molecular formula is C20H18F2N2O4S2. The summed E-state index contributed by atoms with van der Waals surface area (Å²) in [6.07, 6.45) is -0.934. The number of nitrogens with one attached hydrogen (secondary N) is 1. The van der Waals surface area contributed by atoms with Crippen LogP contribution in [-0.2, 0) is 14.8 Å². The van der Waals surface area contributed by atoms with Crippen LogP contribution in [0, 0.1) is 11.6 Å². The number of halogens is 2. The Balaban J connectivity index is 1.64. The van der Waals surface area contributed by atoms with Crippen LogP contribution in [0.5, 0.6) is 5.75 Å². The molecule has 1 amide bonds. The van der Waals surface area contributed by atoms with E-state index in [4.69, 9.17) is 4.74 Å². The lowest BCUT2D eigenvalue weighted by Crippen LogP contribution is -2.30. The SMILES string of the molecule is C[C@H](Oc1ccc(N(C)S(=O)(=O)c2cccs2)cc1)C(=O)Nc1ccc(F)c(F)c1. The van der Waals surface area contributed by atoms with Crippen LogP contribution in [0.15, 0.2) is 64.2 Å². The molecule has 1 N–H and O–H groups in total. The highest BCUT2D eigenvalue weighted by molar-refractivity contribution is 7.94. The van der Waals surface area contributed by atoms with E-state index < -0.39 is 33.7 Å². The van der Waals surface area contributed by atoms with Crippen molar-refractivity contribution in [3.05, 3.63) is 71.6 Å². The summed E-state index contributed by atoms with van der Waals surface area (Å²) in [7, 11) is -2.20. The monoisotopic (exact) mass is 452 g/mol. The number of hydrogen-bond acceptors (Lipinski definition) is 5. The van der Waals surface area contributed by atoms with Gasteiger partial charge in [-0.1, -0.05) is 6.07 Å². The van der Waals surface area contributed by atoms with Gasteiger partial charge in [0.15, 0.2) is 17.7 Å². The molecule has 0 aliphatic carbocycles. The van der Waals surface area contributed by atoms with Gasteiger partial charge in [-0.3, -0.25) is 9.10 Å². The molecule has 0 radical (unpaired) electrons. The van der Waals surface area contributed by atoms with Crippen molar-refractivity contribution < 1.29 is 26.7 Å². The van der Waals surface area contributed by atoms with Crippen LogP contribution in [0.3, 0.4) is 0 Å². The van der Waals surface area contributed by atoms with E-state index in [0.717, 1.165) is 27.8 Å². The highest BCUT2D eigenvalue weighted by Crippen LogP contribution is 2.27. The predicted molar refractivity (Wildman–Crippen MR) is 111 cm³/mol. The third kappa shape index (κ3) is 4.77. The molecule has 3 rings (SSSR count). The normalized spacial score (nSPS) is 12.3. The highest BCUT2D eigenvalue weighted by Gasteiger charge is 2.22. The second-order valence-corrected chi connectivity index (χ2v) is 9.42. The number of sulfonamides is 1. The van der Waals surface area contributed by atoms with E-state index in [9.17, 15) is 22.0 Å². The minimum Gasteiger partial charge on any atom is -0.481 e. The molecule has 0 fully saturated rings. The molecule has 2 aromatic carbocycles. The van der Waals surface area contributed by atoms with Gasteiger partial charge in [0, 0.05) is 18.8 Å². The topological polar surface area (TPSA) is 75.7 Å². The van der Waals surface area contributed by atoms with Gasteiger partial charge in [0.25, 0.3) is 15.9 Å². The largest absolute Gasteiger partial charge is 0.481 e. The van der Waals surface area contributed by atoms with Crippen LogP contribution in [0.2, 0.25) is 0 Å². The molecule has 3 aromatic rings. The molecule has 30 heavy (non-hydrogen) atoms. The molecule has 0 spiro atoms. The maximum Gasteiger partial charge on any atom is 0.273 e. The van der Waals surface area contributed by atoms with Gasteiger partial charge in [0.1, 0.15) is 9.96 Å². The molecule has 10 heteroatoms. The van der Waals surface area contributed by atoms with Crippen molar-refractivity contribution in [2.45, 2.75) is 17.2 Å². The number of amides is 1. The maximum absolute atomic E-state index is 13.3. The molecule has 0 aliphatic rings. The van der Waals surface area contributed by atoms with E-state index >= 15 is 0 Å². The van der Waals surface area contributed by atoms with Crippen LogP contribution in [-0.4, -0.2) is 27.5 Å². The summed E-state index contributed by atoms with van der Waals surface area (Å²) in [5, 5.41) is 4.12. The van der Waals surface area contributed by atoms with Crippen molar-refractivity contribution in [1.82, 2.24) is 0 Å². The molecule has 1 heterocycles. The number of ether oxygens (including phenoxy) is 1. The quantitative estimate of drug-likeness (QED) is 0.581. The first-order valence-corrected chi connectivity index (χ1v) is 11.1. The molecule has 158 valence electrons. The third-order valence-electron chi connectivity index (χ3n) is 4.18. The second-order valence-electron chi connectivity index (χ2n) is 6.28. The molecule has 6 nitrogen and oxygen atoms in total. The van der Waals surface area contributed by atoms with Gasteiger partial charge >= 0.3 is 0 Å². The number of benzene rings is 2. The Morgan fingerprint density at radius 3 is 2.40 bits per heavy atom. The van der Waals surface area contributed by atoms with Crippen molar-refractivity contribution in [3.63, 3.8) is 0 Å². The first-order chi connectivity index (χ1) is 14.2. The van der Waals surface area contributed by atoms with Crippen molar-refractivity contribution in [2.75, 3.05) is 16.7 Å². The van der Waals surface area contributed by atoms with Gasteiger partial charge in [0.2, 0.25) is 0 Å². The van der Waals surface area contributed by atoms with E-state index in [1.165, 1.54) is 38.2 Å². The van der Waals surface area contributed by atoms with Gasteiger partial charge in [0.05, 0.1) is 5.69 Å². The fourth-order valence-corrected chi connectivity index (χ4v) is 4.85. The standard InChI is InChI=1S/C20H18F2N2O4S2/c1-13(20(25)23-14-5-10-17(21)18(22)12-14)28-16-8-6-15(7-9-16)24(2)30(26,27)19-4-3-11-29-19/h3-13H,1-2H3,(H,23,25)/t13-/m0/s1.